The third kappa shape index (κ3) is 4.10. The Balaban J connectivity index is 3.86. The molecule has 0 aliphatic carbocycles. The molecule has 0 amide bonds. The van der Waals surface area contributed by atoms with Crippen molar-refractivity contribution < 1.29 is 5.11 Å². The Labute approximate surface area is 62.4 Å². The fourth-order valence-corrected chi connectivity index (χ4v) is 0.638. The molecule has 0 spiro atoms. The molecule has 0 radical (unpaired) electrons. The monoisotopic (exact) mass is 138 g/mol. The van der Waals surface area contributed by atoms with Gasteiger partial charge in [-0.15, -0.1) is 6.58 Å². The molecule has 10 heavy (non-hydrogen) atoms. The Morgan fingerprint density at radius 2 is 2.20 bits per heavy atom. The highest BCUT2D eigenvalue weighted by molar-refractivity contribution is 5.21. The number of aliphatic hydroxyl groups excluding tert-OH is 1. The maximum absolute atomic E-state index is 8.62. The molecule has 0 fully saturated rings. The van der Waals surface area contributed by atoms with Crippen molar-refractivity contribution in [2.45, 2.75) is 13.3 Å². The van der Waals surface area contributed by atoms with Crippen LogP contribution in [0.5, 0.6) is 0 Å². The second kappa shape index (κ2) is 5.00. The van der Waals surface area contributed by atoms with Crippen molar-refractivity contribution in [2.75, 3.05) is 6.61 Å². The Morgan fingerprint density at radius 3 is 2.60 bits per heavy atom. The van der Waals surface area contributed by atoms with E-state index >= 15 is 0 Å². The minimum Gasteiger partial charge on any atom is -0.392 e. The van der Waals surface area contributed by atoms with E-state index < -0.39 is 0 Å². The lowest BCUT2D eigenvalue weighted by Crippen LogP contribution is -1.84. The fraction of sp³-hybridized carbons (Fsp3) is 0.333. The third-order valence-electron chi connectivity index (χ3n) is 1.11. The number of hydrogen-bond acceptors (Lipinski definition) is 1. The normalized spacial score (nSPS) is 11.2. The summed E-state index contributed by atoms with van der Waals surface area (Å²) in [5.41, 5.74) is 1.92. The van der Waals surface area contributed by atoms with Crippen LogP contribution in [0.3, 0.4) is 0 Å². The smallest absolute Gasteiger partial charge is 0.0642 e. The fourth-order valence-electron chi connectivity index (χ4n) is 0.638. The van der Waals surface area contributed by atoms with Crippen molar-refractivity contribution in [1.29, 1.82) is 0 Å². The summed E-state index contributed by atoms with van der Waals surface area (Å²) in [5.74, 6) is 0. The molecule has 0 aromatic heterocycles. The summed E-state index contributed by atoms with van der Waals surface area (Å²) in [5, 5.41) is 8.62. The lowest BCUT2D eigenvalue weighted by Gasteiger charge is -1.95. The summed E-state index contributed by atoms with van der Waals surface area (Å²) >= 11 is 0. The zero-order valence-corrected chi connectivity index (χ0v) is 6.43. The van der Waals surface area contributed by atoms with Gasteiger partial charge in [-0.3, -0.25) is 0 Å². The minimum atomic E-state index is 0.107. The van der Waals surface area contributed by atoms with Gasteiger partial charge in [-0.2, -0.15) is 0 Å². The van der Waals surface area contributed by atoms with E-state index in [-0.39, 0.29) is 6.61 Å². The van der Waals surface area contributed by atoms with Gasteiger partial charge in [-0.05, 0) is 18.9 Å². The van der Waals surface area contributed by atoms with Crippen molar-refractivity contribution in [3.63, 3.8) is 0 Å². The van der Waals surface area contributed by atoms with Crippen LogP contribution in [0.15, 0.2) is 36.5 Å². The van der Waals surface area contributed by atoms with Crippen molar-refractivity contribution in [1.82, 2.24) is 0 Å². The van der Waals surface area contributed by atoms with Crippen LogP contribution < -0.4 is 0 Å². The summed E-state index contributed by atoms with van der Waals surface area (Å²) in [4.78, 5) is 0. The molecule has 0 unspecified atom stereocenters. The van der Waals surface area contributed by atoms with Gasteiger partial charge in [0.2, 0.25) is 0 Å². The maximum Gasteiger partial charge on any atom is 0.0642 e. The molecule has 0 aromatic rings. The van der Waals surface area contributed by atoms with Crippen molar-refractivity contribution >= 4 is 0 Å². The molecule has 0 rings (SSSR count). The van der Waals surface area contributed by atoms with Gasteiger partial charge < -0.3 is 5.11 Å². The predicted molar refractivity (Wildman–Crippen MR) is 44.8 cm³/mol. The molecule has 0 bridgehead atoms. The molecular formula is C9H14O. The van der Waals surface area contributed by atoms with Crippen LogP contribution in [-0.4, -0.2) is 11.7 Å². The van der Waals surface area contributed by atoms with Gasteiger partial charge in [0.1, 0.15) is 0 Å². The van der Waals surface area contributed by atoms with Crippen LogP contribution in [0.2, 0.25) is 0 Å². The highest BCUT2D eigenvalue weighted by Crippen LogP contribution is 2.03. The second-order valence-electron chi connectivity index (χ2n) is 2.30. The predicted octanol–water partition coefficient (Wildman–Crippen LogP) is 2.06. The lowest BCUT2D eigenvalue weighted by molar-refractivity contribution is 0.331. The summed E-state index contributed by atoms with van der Waals surface area (Å²) in [6.45, 7) is 9.33. The number of allylic oxidation sites excluding steroid dienone is 3. The van der Waals surface area contributed by atoms with Crippen LogP contribution in [-0.2, 0) is 0 Å². The largest absolute Gasteiger partial charge is 0.392 e. The van der Waals surface area contributed by atoms with Gasteiger partial charge in [0, 0.05) is 0 Å². The second-order valence-corrected chi connectivity index (χ2v) is 2.30. The summed E-state index contributed by atoms with van der Waals surface area (Å²) < 4.78 is 0. The molecule has 0 saturated carbocycles. The molecule has 1 nitrogen and oxygen atoms in total. The summed E-state index contributed by atoms with van der Waals surface area (Å²) in [6, 6.07) is 0. The molecule has 0 heterocycles. The van der Waals surface area contributed by atoms with E-state index in [0.717, 1.165) is 17.6 Å². The Morgan fingerprint density at radius 1 is 1.60 bits per heavy atom. The standard InChI is InChI=1S/C9H14O/c1-4-5-8(2)6-9(3)7-10/h4,6,10H,1-2,5,7H2,3H3. The van der Waals surface area contributed by atoms with E-state index in [4.69, 9.17) is 5.11 Å². The van der Waals surface area contributed by atoms with E-state index in [9.17, 15) is 0 Å². The first-order chi connectivity index (χ1) is 4.70. The van der Waals surface area contributed by atoms with E-state index in [1.165, 1.54) is 0 Å². The summed E-state index contributed by atoms with van der Waals surface area (Å²) in [7, 11) is 0. The highest BCUT2D eigenvalue weighted by Gasteiger charge is 1.87. The first-order valence-corrected chi connectivity index (χ1v) is 3.27. The van der Waals surface area contributed by atoms with Crippen molar-refractivity contribution in [3.05, 3.63) is 36.5 Å². The van der Waals surface area contributed by atoms with Crippen LogP contribution in [0.25, 0.3) is 0 Å². The molecule has 0 aromatic carbocycles. The average Bonchev–Trinajstić information content (AvgIpc) is 1.88. The van der Waals surface area contributed by atoms with E-state index in [1.807, 2.05) is 13.0 Å². The molecule has 0 aliphatic heterocycles. The van der Waals surface area contributed by atoms with E-state index in [0.29, 0.717) is 0 Å². The van der Waals surface area contributed by atoms with Crippen molar-refractivity contribution in [3.8, 4) is 0 Å². The Hall–Kier alpha value is -0.820. The van der Waals surface area contributed by atoms with Gasteiger partial charge in [0.15, 0.2) is 0 Å². The first-order valence-electron chi connectivity index (χ1n) is 3.27. The van der Waals surface area contributed by atoms with Gasteiger partial charge in [0.05, 0.1) is 6.61 Å². The van der Waals surface area contributed by atoms with Gasteiger partial charge in [-0.1, -0.05) is 24.3 Å². The molecule has 0 saturated heterocycles. The molecule has 1 N–H and O–H groups in total. The molecule has 0 aliphatic rings. The van der Waals surface area contributed by atoms with Crippen LogP contribution in [0.4, 0.5) is 0 Å². The van der Waals surface area contributed by atoms with Crippen LogP contribution >= 0.6 is 0 Å². The number of rotatable bonds is 4. The van der Waals surface area contributed by atoms with Gasteiger partial charge in [0.25, 0.3) is 0 Å². The SMILES string of the molecule is C=CCC(=C)C=C(C)CO. The third-order valence-corrected chi connectivity index (χ3v) is 1.11. The number of hydrogen-bond donors (Lipinski definition) is 1. The number of aliphatic hydroxyl groups is 1. The average molecular weight is 138 g/mol. The van der Waals surface area contributed by atoms with Crippen molar-refractivity contribution in [2.24, 2.45) is 0 Å². The zero-order chi connectivity index (χ0) is 7.98. The molecular weight excluding hydrogens is 124 g/mol. The molecule has 1 heteroatoms. The zero-order valence-electron chi connectivity index (χ0n) is 6.43. The summed E-state index contributed by atoms with van der Waals surface area (Å²) in [6.07, 6.45) is 4.46. The van der Waals surface area contributed by atoms with E-state index in [2.05, 4.69) is 13.2 Å². The maximum atomic E-state index is 8.62. The van der Waals surface area contributed by atoms with E-state index in [1.54, 1.807) is 6.08 Å². The van der Waals surface area contributed by atoms with Crippen LogP contribution in [0, 0.1) is 0 Å². The lowest BCUT2D eigenvalue weighted by atomic mass is 10.1. The Kier molecular flexibility index (Phi) is 4.59. The topological polar surface area (TPSA) is 20.2 Å². The molecule has 56 valence electrons. The Bertz CT molecular complexity index is 154. The minimum absolute atomic E-state index is 0.107. The first kappa shape index (κ1) is 9.18. The highest BCUT2D eigenvalue weighted by atomic mass is 16.3. The van der Waals surface area contributed by atoms with Gasteiger partial charge >= 0.3 is 0 Å². The van der Waals surface area contributed by atoms with Crippen LogP contribution in [0.1, 0.15) is 13.3 Å². The quantitative estimate of drug-likeness (QED) is 0.465. The van der Waals surface area contributed by atoms with Gasteiger partial charge in [-0.25, -0.2) is 0 Å². The molecule has 0 atom stereocenters.